The molecule has 2 rings (SSSR count). The van der Waals surface area contributed by atoms with Crippen molar-refractivity contribution in [1.82, 2.24) is 0 Å². The van der Waals surface area contributed by atoms with Gasteiger partial charge in [-0.1, -0.05) is 0 Å². The summed E-state index contributed by atoms with van der Waals surface area (Å²) in [4.78, 5) is 2.40. The van der Waals surface area contributed by atoms with E-state index in [0.717, 1.165) is 38.5 Å². The van der Waals surface area contributed by atoms with Crippen molar-refractivity contribution < 1.29 is 25.9 Å². The number of rotatable bonds is 5. The Morgan fingerprint density at radius 2 is 2.21 bits per heavy atom. The Labute approximate surface area is 131 Å². The normalized spacial score (nSPS) is 22.7. The second-order valence-corrected chi connectivity index (χ2v) is 8.55. The molecule has 1 fully saturated rings. The second-order valence-electron chi connectivity index (χ2n) is 5.14. The minimum absolute atomic E-state index is 0.404. The van der Waals surface area contributed by atoms with Crippen LogP contribution in [0.15, 0.2) is 12.1 Å². The van der Waals surface area contributed by atoms with Crippen LogP contribution in [0.1, 0.15) is 24.8 Å². The molecule has 19 heavy (non-hydrogen) atoms. The van der Waals surface area contributed by atoms with Gasteiger partial charge < -0.3 is 0 Å². The van der Waals surface area contributed by atoms with Gasteiger partial charge in [-0.2, -0.15) is 0 Å². The summed E-state index contributed by atoms with van der Waals surface area (Å²) in [7, 11) is 1.90. The topological polar surface area (TPSA) is 21.3 Å². The Morgan fingerprint density at radius 1 is 1.42 bits per heavy atom. The molecule has 108 valence electrons. The van der Waals surface area contributed by atoms with Crippen molar-refractivity contribution in [3.8, 4) is 5.75 Å². The first-order valence-corrected chi connectivity index (χ1v) is 10.5. The molecule has 0 spiro atoms. The first-order valence-electron chi connectivity index (χ1n) is 6.72. The van der Waals surface area contributed by atoms with E-state index in [0.29, 0.717) is 21.2 Å². The Bertz CT molecular complexity index is 438. The maximum atomic E-state index is 6.22. The van der Waals surface area contributed by atoms with E-state index >= 15 is 0 Å². The standard InChI is InChI=1S/C15H22ClINO/c1-10-14(16)7-13(18-3)8-15(10)19-9-11-4-5-12(6-11)17-2/h7-8,11-12,18H,4-6,9H2,1-3H3/q-1. The molecule has 1 aliphatic rings. The van der Waals surface area contributed by atoms with Crippen LogP contribution in [0.3, 0.4) is 0 Å². The Balaban J connectivity index is 1.97. The van der Waals surface area contributed by atoms with Gasteiger partial charge >= 0.3 is 132 Å². The molecule has 0 radical (unpaired) electrons. The van der Waals surface area contributed by atoms with Crippen molar-refractivity contribution >= 4 is 17.3 Å². The summed E-state index contributed by atoms with van der Waals surface area (Å²) in [5, 5.41) is 3.89. The summed E-state index contributed by atoms with van der Waals surface area (Å²) >= 11 is 6.63. The summed E-state index contributed by atoms with van der Waals surface area (Å²) in [6.45, 7) is 2.86. The van der Waals surface area contributed by atoms with Crippen molar-refractivity contribution in [1.29, 1.82) is 0 Å². The van der Waals surface area contributed by atoms with E-state index in [9.17, 15) is 0 Å². The molecular formula is C15H22ClINO-. The van der Waals surface area contributed by atoms with Crippen molar-refractivity contribution in [3.05, 3.63) is 22.7 Å². The Hall–Kier alpha value is -0.160. The van der Waals surface area contributed by atoms with Gasteiger partial charge in [0.15, 0.2) is 0 Å². The third kappa shape index (κ3) is 3.91. The summed E-state index contributed by atoms with van der Waals surface area (Å²) in [5.74, 6) is 1.66. The van der Waals surface area contributed by atoms with Crippen LogP contribution in [0.2, 0.25) is 5.02 Å². The number of hydrogen-bond acceptors (Lipinski definition) is 2. The van der Waals surface area contributed by atoms with Crippen molar-refractivity contribution in [3.63, 3.8) is 0 Å². The third-order valence-corrected chi connectivity index (χ3v) is 7.13. The van der Waals surface area contributed by atoms with Gasteiger partial charge in [-0.15, -0.1) is 0 Å². The molecule has 4 heteroatoms. The number of nitrogens with one attached hydrogen (secondary N) is 1. The van der Waals surface area contributed by atoms with Gasteiger partial charge in [0, 0.05) is 0 Å². The first kappa shape index (κ1) is 15.2. The van der Waals surface area contributed by atoms with Gasteiger partial charge in [-0.05, 0) is 0 Å². The van der Waals surface area contributed by atoms with E-state index in [4.69, 9.17) is 16.3 Å². The van der Waals surface area contributed by atoms with Crippen molar-refractivity contribution in [2.45, 2.75) is 30.1 Å². The van der Waals surface area contributed by atoms with E-state index in [1.165, 1.54) is 19.3 Å². The van der Waals surface area contributed by atoms with E-state index in [1.54, 1.807) is 0 Å². The van der Waals surface area contributed by atoms with E-state index in [1.807, 2.05) is 26.1 Å². The molecule has 2 nitrogen and oxygen atoms in total. The fourth-order valence-electron chi connectivity index (χ4n) is 2.52. The zero-order valence-corrected chi connectivity index (χ0v) is 14.7. The summed E-state index contributed by atoms with van der Waals surface area (Å²) in [6.07, 6.45) is 4.10. The van der Waals surface area contributed by atoms with Crippen LogP contribution in [0.4, 0.5) is 5.69 Å². The maximum absolute atomic E-state index is 6.22. The molecule has 0 amide bonds. The minimum atomic E-state index is 0.404. The quantitative estimate of drug-likeness (QED) is 0.593. The molecule has 1 saturated carbocycles. The molecular weight excluding hydrogens is 373 g/mol. The van der Waals surface area contributed by atoms with Crippen molar-refractivity contribution in [2.24, 2.45) is 5.92 Å². The molecule has 0 heterocycles. The van der Waals surface area contributed by atoms with E-state index in [2.05, 4.69) is 10.2 Å². The van der Waals surface area contributed by atoms with Gasteiger partial charge in [0.25, 0.3) is 0 Å². The number of hydrogen-bond donors (Lipinski definition) is 1. The summed E-state index contributed by atoms with van der Waals surface area (Å²) in [5.41, 5.74) is 2.05. The van der Waals surface area contributed by atoms with Crippen molar-refractivity contribution in [2.75, 3.05) is 23.9 Å². The van der Waals surface area contributed by atoms with Gasteiger partial charge in [0.1, 0.15) is 0 Å². The van der Waals surface area contributed by atoms with E-state index in [-0.39, 0.29) is 0 Å². The fraction of sp³-hybridized carbons (Fsp3) is 0.600. The Kier molecular flexibility index (Phi) is 5.63. The number of ether oxygens (including phenoxy) is 1. The average molecular weight is 395 g/mol. The summed E-state index contributed by atoms with van der Waals surface area (Å²) < 4.78 is 7.04. The van der Waals surface area contributed by atoms with Crippen LogP contribution in [0.25, 0.3) is 0 Å². The molecule has 1 aliphatic carbocycles. The molecule has 1 N–H and O–H groups in total. The second kappa shape index (κ2) is 7.02. The van der Waals surface area contributed by atoms with Crippen LogP contribution in [0.5, 0.6) is 5.75 Å². The molecule has 1 aromatic rings. The molecule has 1 aromatic carbocycles. The van der Waals surface area contributed by atoms with Crippen LogP contribution in [0, 0.1) is 12.8 Å². The molecule has 0 saturated heterocycles. The van der Waals surface area contributed by atoms with Crippen LogP contribution in [-0.4, -0.2) is 22.5 Å². The summed E-state index contributed by atoms with van der Waals surface area (Å²) in [6, 6.07) is 3.98. The van der Waals surface area contributed by atoms with E-state index < -0.39 is 0 Å². The predicted octanol–water partition coefficient (Wildman–Crippen LogP) is 0.956. The molecule has 0 bridgehead atoms. The van der Waals surface area contributed by atoms with Crippen LogP contribution >= 0.6 is 11.6 Å². The van der Waals surface area contributed by atoms with Gasteiger partial charge in [0.05, 0.1) is 0 Å². The third-order valence-electron chi connectivity index (χ3n) is 3.85. The molecule has 2 unspecified atom stereocenters. The zero-order chi connectivity index (χ0) is 13.8. The molecule has 0 aromatic heterocycles. The Morgan fingerprint density at radius 3 is 2.84 bits per heavy atom. The number of anilines is 1. The van der Waals surface area contributed by atoms with Crippen LogP contribution in [-0.2, 0) is 0 Å². The zero-order valence-electron chi connectivity index (χ0n) is 11.8. The molecule has 0 aliphatic heterocycles. The molecule has 2 atom stereocenters. The fourth-order valence-corrected chi connectivity index (χ4v) is 4.94. The average Bonchev–Trinajstić information content (AvgIpc) is 2.88. The number of benzene rings is 1. The first-order chi connectivity index (χ1) is 9.13. The predicted molar refractivity (Wildman–Crippen MR) is 78.3 cm³/mol. The number of halogens is 2. The van der Waals surface area contributed by atoms with Gasteiger partial charge in [0.2, 0.25) is 0 Å². The van der Waals surface area contributed by atoms with Gasteiger partial charge in [-0.25, -0.2) is 0 Å². The SMILES string of the molecule is CNc1cc(Cl)c(C)c(OCC2CCC([I-]C)C2)c1. The monoisotopic (exact) mass is 394 g/mol. The number of alkyl halides is 2. The van der Waals surface area contributed by atoms with Gasteiger partial charge in [-0.3, -0.25) is 0 Å². The van der Waals surface area contributed by atoms with Crippen LogP contribution < -0.4 is 31.3 Å².